The van der Waals surface area contributed by atoms with E-state index in [9.17, 15) is 4.79 Å². The van der Waals surface area contributed by atoms with Crippen LogP contribution in [0.3, 0.4) is 0 Å². The molecule has 12 heavy (non-hydrogen) atoms. The number of hydrogen-bond donors (Lipinski definition) is 1. The van der Waals surface area contributed by atoms with Crippen LogP contribution in [0.4, 0.5) is 0 Å². The molecular formula is C10H18NO. The molecule has 0 aromatic carbocycles. The molecule has 69 valence electrons. The Morgan fingerprint density at radius 3 is 2.33 bits per heavy atom. The van der Waals surface area contributed by atoms with Crippen molar-refractivity contribution in [2.24, 2.45) is 5.41 Å². The highest BCUT2D eigenvalue weighted by Gasteiger charge is 2.22. The highest BCUT2D eigenvalue weighted by atomic mass is 16.1. The lowest BCUT2D eigenvalue weighted by Gasteiger charge is -2.27. The highest BCUT2D eigenvalue weighted by molar-refractivity contribution is 5.85. The van der Waals surface area contributed by atoms with Crippen molar-refractivity contribution in [1.82, 2.24) is 5.32 Å². The molecule has 1 radical (unpaired) electrons. The molecule has 0 atom stereocenters. The topological polar surface area (TPSA) is 29.1 Å². The van der Waals surface area contributed by atoms with Gasteiger partial charge in [0.1, 0.15) is 0 Å². The van der Waals surface area contributed by atoms with Gasteiger partial charge in [-0.3, -0.25) is 4.79 Å². The Kier molecular flexibility index (Phi) is 2.76. The lowest BCUT2D eigenvalue weighted by molar-refractivity contribution is -0.120. The quantitative estimate of drug-likeness (QED) is 0.670. The van der Waals surface area contributed by atoms with E-state index in [4.69, 9.17) is 0 Å². The van der Waals surface area contributed by atoms with E-state index >= 15 is 0 Å². The first-order chi connectivity index (χ1) is 5.47. The predicted molar refractivity (Wildman–Crippen MR) is 49.5 cm³/mol. The summed E-state index contributed by atoms with van der Waals surface area (Å²) in [5.41, 5.74) is -0.00612. The molecule has 0 aliphatic heterocycles. The summed E-state index contributed by atoms with van der Waals surface area (Å²) in [6.07, 6.45) is 5.33. The van der Waals surface area contributed by atoms with Crippen molar-refractivity contribution in [3.05, 3.63) is 6.42 Å². The number of carbonyl (C=O) groups is 1. The molecule has 1 amide bonds. The third-order valence-electron chi connectivity index (χ3n) is 2.02. The van der Waals surface area contributed by atoms with Crippen molar-refractivity contribution >= 4 is 5.91 Å². The average molecular weight is 168 g/mol. The molecule has 0 saturated heterocycles. The Morgan fingerprint density at radius 2 is 2.00 bits per heavy atom. The van der Waals surface area contributed by atoms with Gasteiger partial charge in [0.15, 0.2) is 0 Å². The van der Waals surface area contributed by atoms with Crippen LogP contribution < -0.4 is 5.32 Å². The lowest BCUT2D eigenvalue weighted by Crippen LogP contribution is -2.41. The predicted octanol–water partition coefficient (Wildman–Crippen LogP) is 1.91. The van der Waals surface area contributed by atoms with Crippen molar-refractivity contribution in [3.63, 3.8) is 0 Å². The normalized spacial score (nSPS) is 18.6. The first kappa shape index (κ1) is 9.56. The standard InChI is InChI=1S/C10H18NO/c1-10(2,3)7-9(12)11-8-5-4-6-8/h7-8H,4-6H2,1-3H3,(H,11,12). The average Bonchev–Trinajstić information content (AvgIpc) is 1.74. The van der Waals surface area contributed by atoms with Gasteiger partial charge < -0.3 is 5.32 Å². The second kappa shape index (κ2) is 3.46. The van der Waals surface area contributed by atoms with E-state index in [1.54, 1.807) is 6.42 Å². The molecular weight excluding hydrogens is 150 g/mol. The number of hydrogen-bond acceptors (Lipinski definition) is 1. The smallest absolute Gasteiger partial charge is 0.224 e. The molecule has 2 nitrogen and oxygen atoms in total. The first-order valence-electron chi connectivity index (χ1n) is 4.64. The van der Waals surface area contributed by atoms with E-state index < -0.39 is 0 Å². The molecule has 1 fully saturated rings. The van der Waals surface area contributed by atoms with Gasteiger partial charge in [-0.2, -0.15) is 0 Å². The minimum absolute atomic E-state index is 0.00612. The molecule has 2 heteroatoms. The van der Waals surface area contributed by atoms with Crippen LogP contribution in [0.15, 0.2) is 0 Å². The van der Waals surface area contributed by atoms with Crippen LogP contribution >= 0.6 is 0 Å². The zero-order chi connectivity index (χ0) is 9.19. The first-order valence-corrected chi connectivity index (χ1v) is 4.64. The number of nitrogens with one attached hydrogen (secondary N) is 1. The molecule has 0 spiro atoms. The summed E-state index contributed by atoms with van der Waals surface area (Å²) >= 11 is 0. The Balaban J connectivity index is 2.19. The van der Waals surface area contributed by atoms with E-state index in [-0.39, 0.29) is 11.3 Å². The van der Waals surface area contributed by atoms with Crippen molar-refractivity contribution < 1.29 is 4.79 Å². The summed E-state index contributed by atoms with van der Waals surface area (Å²) in [5.74, 6) is 0.0900. The van der Waals surface area contributed by atoms with Crippen LogP contribution in [0.5, 0.6) is 0 Å². The minimum Gasteiger partial charge on any atom is -0.353 e. The van der Waals surface area contributed by atoms with Gasteiger partial charge in [-0.1, -0.05) is 20.8 Å². The van der Waals surface area contributed by atoms with Crippen molar-refractivity contribution in [2.45, 2.75) is 46.1 Å². The molecule has 1 aliphatic carbocycles. The van der Waals surface area contributed by atoms with Gasteiger partial charge in [0.25, 0.3) is 0 Å². The Bertz CT molecular complexity index is 165. The van der Waals surface area contributed by atoms with Crippen LogP contribution in [0.2, 0.25) is 0 Å². The molecule has 0 bridgehead atoms. The van der Waals surface area contributed by atoms with Gasteiger partial charge in [-0.15, -0.1) is 0 Å². The Labute approximate surface area is 74.7 Å². The third-order valence-corrected chi connectivity index (χ3v) is 2.02. The molecule has 0 heterocycles. The van der Waals surface area contributed by atoms with Gasteiger partial charge in [-0.05, 0) is 24.7 Å². The maximum Gasteiger partial charge on any atom is 0.224 e. The van der Waals surface area contributed by atoms with Crippen LogP contribution in [0.1, 0.15) is 40.0 Å². The van der Waals surface area contributed by atoms with Crippen LogP contribution in [-0.4, -0.2) is 11.9 Å². The minimum atomic E-state index is -0.00612. The van der Waals surface area contributed by atoms with Crippen molar-refractivity contribution in [1.29, 1.82) is 0 Å². The SMILES string of the molecule is CC(C)(C)[CH]C(=O)NC1CCC1. The maximum absolute atomic E-state index is 11.3. The van der Waals surface area contributed by atoms with Crippen LogP contribution in [0.25, 0.3) is 0 Å². The fourth-order valence-corrected chi connectivity index (χ4v) is 1.19. The largest absolute Gasteiger partial charge is 0.353 e. The molecule has 0 unspecified atom stereocenters. The van der Waals surface area contributed by atoms with Gasteiger partial charge in [0.05, 0.1) is 6.42 Å². The Morgan fingerprint density at radius 1 is 1.42 bits per heavy atom. The molecule has 1 N–H and O–H groups in total. The van der Waals surface area contributed by atoms with E-state index in [0.29, 0.717) is 6.04 Å². The lowest BCUT2D eigenvalue weighted by atomic mass is 9.89. The molecule has 1 aliphatic rings. The van der Waals surface area contributed by atoms with Gasteiger partial charge in [0, 0.05) is 6.04 Å². The van der Waals surface area contributed by atoms with Crippen molar-refractivity contribution in [3.8, 4) is 0 Å². The summed E-state index contributed by atoms with van der Waals surface area (Å²) in [6, 6.07) is 0.455. The number of amides is 1. The maximum atomic E-state index is 11.3. The number of carbonyl (C=O) groups excluding carboxylic acids is 1. The summed E-state index contributed by atoms with van der Waals surface area (Å²) in [6.45, 7) is 6.11. The van der Waals surface area contributed by atoms with Crippen LogP contribution in [-0.2, 0) is 4.79 Å². The molecule has 1 saturated carbocycles. The molecule has 0 aromatic rings. The van der Waals surface area contributed by atoms with E-state index in [1.165, 1.54) is 6.42 Å². The fraction of sp³-hybridized carbons (Fsp3) is 0.800. The van der Waals surface area contributed by atoms with E-state index in [0.717, 1.165) is 12.8 Å². The fourth-order valence-electron chi connectivity index (χ4n) is 1.19. The van der Waals surface area contributed by atoms with Gasteiger partial charge >= 0.3 is 0 Å². The van der Waals surface area contributed by atoms with Gasteiger partial charge in [-0.25, -0.2) is 0 Å². The van der Waals surface area contributed by atoms with E-state index in [1.807, 2.05) is 20.8 Å². The third kappa shape index (κ3) is 3.24. The summed E-state index contributed by atoms with van der Waals surface area (Å²) in [5, 5.41) is 2.98. The molecule has 0 aromatic heterocycles. The highest BCUT2D eigenvalue weighted by Crippen LogP contribution is 2.20. The second-order valence-electron chi connectivity index (χ2n) is 4.65. The van der Waals surface area contributed by atoms with Crippen LogP contribution in [0, 0.1) is 11.8 Å². The second-order valence-corrected chi connectivity index (χ2v) is 4.65. The zero-order valence-corrected chi connectivity index (χ0v) is 8.18. The molecule has 1 rings (SSSR count). The Hall–Kier alpha value is -0.530. The summed E-state index contributed by atoms with van der Waals surface area (Å²) in [4.78, 5) is 11.3. The van der Waals surface area contributed by atoms with Gasteiger partial charge in [0.2, 0.25) is 5.91 Å². The van der Waals surface area contributed by atoms with E-state index in [2.05, 4.69) is 5.32 Å². The number of rotatable bonds is 2. The zero-order valence-electron chi connectivity index (χ0n) is 8.18. The van der Waals surface area contributed by atoms with Crippen molar-refractivity contribution in [2.75, 3.05) is 0 Å². The summed E-state index contributed by atoms with van der Waals surface area (Å²) < 4.78 is 0. The monoisotopic (exact) mass is 168 g/mol. The summed E-state index contributed by atoms with van der Waals surface area (Å²) in [7, 11) is 0.